The first-order valence-corrected chi connectivity index (χ1v) is 11.5. The first kappa shape index (κ1) is 19.7. The molecule has 0 saturated heterocycles. The topological polar surface area (TPSA) is 60.6 Å². The van der Waals surface area contributed by atoms with Gasteiger partial charge in [0.15, 0.2) is 11.5 Å². The number of hydrogen-bond donors (Lipinski definition) is 1. The summed E-state index contributed by atoms with van der Waals surface area (Å²) in [4.78, 5) is 16.5. The third-order valence-electron chi connectivity index (χ3n) is 7.97. The van der Waals surface area contributed by atoms with Crippen LogP contribution in [0.3, 0.4) is 0 Å². The Kier molecular flexibility index (Phi) is 4.17. The van der Waals surface area contributed by atoms with Crippen LogP contribution < -0.4 is 19.8 Å². The Morgan fingerprint density at radius 3 is 2.47 bits per heavy atom. The molecule has 2 aromatic carbocycles. The van der Waals surface area contributed by atoms with Crippen LogP contribution in [-0.4, -0.2) is 24.8 Å². The molecule has 1 N–H and O–H groups in total. The maximum atomic E-state index is 13.4. The van der Waals surface area contributed by atoms with Crippen molar-refractivity contribution in [2.45, 2.75) is 44.1 Å². The van der Waals surface area contributed by atoms with Crippen LogP contribution in [0.15, 0.2) is 47.3 Å². The number of aromatic nitrogens is 1. The second kappa shape index (κ2) is 6.77. The number of fused-ring (bicyclic) bond motifs is 5. The van der Waals surface area contributed by atoms with Crippen LogP contribution in [0, 0.1) is 17.8 Å². The highest BCUT2D eigenvalue weighted by molar-refractivity contribution is 5.87. The van der Waals surface area contributed by atoms with Crippen molar-refractivity contribution in [3.63, 3.8) is 0 Å². The molecule has 0 amide bonds. The van der Waals surface area contributed by atoms with Gasteiger partial charge in [-0.2, -0.15) is 0 Å². The summed E-state index contributed by atoms with van der Waals surface area (Å²) in [5.41, 5.74) is 2.49. The molecule has 0 radical (unpaired) electrons. The molecule has 1 aromatic heterocycles. The summed E-state index contributed by atoms with van der Waals surface area (Å²) in [5.74, 6) is 4.10. The number of ether oxygens (including phenoxy) is 3. The predicted molar refractivity (Wildman–Crippen MR) is 124 cm³/mol. The predicted octanol–water partition coefficient (Wildman–Crippen LogP) is 5.24. The maximum absolute atomic E-state index is 13.4. The van der Waals surface area contributed by atoms with Gasteiger partial charge in [-0.3, -0.25) is 4.79 Å². The Hall–Kier alpha value is -2.95. The van der Waals surface area contributed by atoms with E-state index in [1.54, 1.807) is 14.2 Å². The fourth-order valence-corrected chi connectivity index (χ4v) is 6.56. The average molecular weight is 432 g/mol. The van der Waals surface area contributed by atoms with Gasteiger partial charge in [0.2, 0.25) is 0 Å². The van der Waals surface area contributed by atoms with Crippen LogP contribution in [0.1, 0.15) is 49.7 Å². The van der Waals surface area contributed by atoms with Crippen molar-refractivity contribution in [3.05, 3.63) is 63.9 Å². The smallest absolute Gasteiger partial charge is 0.255 e. The molecule has 2 fully saturated rings. The van der Waals surface area contributed by atoms with E-state index in [2.05, 4.69) is 31.0 Å². The summed E-state index contributed by atoms with van der Waals surface area (Å²) >= 11 is 0. The molecule has 5 nitrogen and oxygen atoms in total. The van der Waals surface area contributed by atoms with Gasteiger partial charge in [0.05, 0.1) is 25.3 Å². The Morgan fingerprint density at radius 1 is 1.00 bits per heavy atom. The Bertz CT molecular complexity index is 1270. The fraction of sp³-hybridized carbons (Fsp3) is 0.444. The number of rotatable bonds is 4. The molecule has 3 aromatic rings. The van der Waals surface area contributed by atoms with E-state index in [1.807, 2.05) is 30.3 Å². The van der Waals surface area contributed by atoms with E-state index in [9.17, 15) is 4.79 Å². The van der Waals surface area contributed by atoms with Crippen molar-refractivity contribution < 1.29 is 14.2 Å². The van der Waals surface area contributed by atoms with E-state index in [1.165, 1.54) is 18.4 Å². The lowest BCUT2D eigenvalue weighted by atomic mass is 9.46. The Labute approximate surface area is 187 Å². The average Bonchev–Trinajstić information content (AvgIpc) is 3.58. The molecule has 0 bridgehead atoms. The number of H-pyrrole nitrogens is 1. The minimum atomic E-state index is -0.339. The number of hydrogen-bond acceptors (Lipinski definition) is 4. The zero-order chi connectivity index (χ0) is 22.2. The van der Waals surface area contributed by atoms with Crippen LogP contribution in [0.4, 0.5) is 0 Å². The molecule has 32 heavy (non-hydrogen) atoms. The van der Waals surface area contributed by atoms with Crippen molar-refractivity contribution in [3.8, 4) is 17.2 Å². The molecule has 3 aliphatic rings. The monoisotopic (exact) mass is 431 g/mol. The number of aromatic amines is 1. The first-order valence-electron chi connectivity index (χ1n) is 11.5. The lowest BCUT2D eigenvalue weighted by molar-refractivity contribution is -0.0968. The maximum Gasteiger partial charge on any atom is 0.255 e. The number of para-hydroxylation sites is 1. The van der Waals surface area contributed by atoms with E-state index in [-0.39, 0.29) is 23.0 Å². The third-order valence-corrected chi connectivity index (χ3v) is 7.97. The zero-order valence-electron chi connectivity index (χ0n) is 19.0. The fourth-order valence-electron chi connectivity index (χ4n) is 6.56. The van der Waals surface area contributed by atoms with E-state index < -0.39 is 0 Å². The Morgan fingerprint density at radius 2 is 1.75 bits per heavy atom. The van der Waals surface area contributed by atoms with Gasteiger partial charge in [-0.1, -0.05) is 18.2 Å². The summed E-state index contributed by atoms with van der Waals surface area (Å²) in [6, 6.07) is 14.2. The molecule has 2 heterocycles. The third kappa shape index (κ3) is 2.66. The molecule has 5 heteroatoms. The van der Waals surface area contributed by atoms with Crippen LogP contribution in [0.25, 0.3) is 10.9 Å². The molecule has 1 aliphatic heterocycles. The van der Waals surface area contributed by atoms with Gasteiger partial charge in [-0.25, -0.2) is 0 Å². The van der Waals surface area contributed by atoms with E-state index in [0.717, 1.165) is 33.7 Å². The van der Waals surface area contributed by atoms with Gasteiger partial charge in [0, 0.05) is 17.2 Å². The molecular formula is C27H29NO4. The molecule has 166 valence electrons. The van der Waals surface area contributed by atoms with Crippen molar-refractivity contribution in [2.75, 3.05) is 14.2 Å². The SMILES string of the molecule is COc1ccc([C@H]2[C@H]3c4c(c5ccccc5[nH]c4=O)OC(C)(C)[C@H]3[C@@H]2C2CC2)cc1OC. The van der Waals surface area contributed by atoms with E-state index >= 15 is 0 Å². The highest BCUT2D eigenvalue weighted by atomic mass is 16.5. The second-order valence-electron chi connectivity index (χ2n) is 10.1. The molecule has 4 atom stereocenters. The largest absolute Gasteiger partial charge is 0.493 e. The van der Waals surface area contributed by atoms with Gasteiger partial charge in [0.25, 0.3) is 5.56 Å². The van der Waals surface area contributed by atoms with Crippen LogP contribution >= 0.6 is 0 Å². The van der Waals surface area contributed by atoms with Gasteiger partial charge < -0.3 is 19.2 Å². The van der Waals surface area contributed by atoms with Crippen LogP contribution in [0.2, 0.25) is 0 Å². The van der Waals surface area contributed by atoms with Gasteiger partial charge in [-0.15, -0.1) is 0 Å². The highest BCUT2D eigenvalue weighted by Crippen LogP contribution is 2.70. The van der Waals surface area contributed by atoms with Gasteiger partial charge in [-0.05, 0) is 74.3 Å². The standard InChI is InChI=1S/C27H29NO4/c1-27(2)24-21(14-9-10-14)20(15-11-12-18(30-3)19(13-15)31-4)22(24)23-25(32-27)16-7-5-6-8-17(16)28-26(23)29/h5-8,11-14,20-22,24H,9-10H2,1-4H3,(H,28,29)/t20-,21-,22+,24+/m1/s1. The summed E-state index contributed by atoms with van der Waals surface area (Å²) in [5, 5.41) is 0.981. The lowest BCUT2D eigenvalue weighted by Gasteiger charge is -2.61. The summed E-state index contributed by atoms with van der Waals surface area (Å²) in [6.45, 7) is 4.40. The second-order valence-corrected chi connectivity index (χ2v) is 10.1. The first-order chi connectivity index (χ1) is 15.4. The molecular weight excluding hydrogens is 402 g/mol. The Balaban J connectivity index is 1.56. The minimum Gasteiger partial charge on any atom is -0.493 e. The number of benzene rings is 2. The highest BCUT2D eigenvalue weighted by Gasteiger charge is 2.65. The minimum absolute atomic E-state index is 0.0241. The molecule has 2 aliphatic carbocycles. The quantitative estimate of drug-likeness (QED) is 0.614. The van der Waals surface area contributed by atoms with Crippen molar-refractivity contribution in [1.29, 1.82) is 0 Å². The summed E-state index contributed by atoms with van der Waals surface area (Å²) in [6.07, 6.45) is 2.52. The van der Waals surface area contributed by atoms with Gasteiger partial charge in [0.1, 0.15) is 11.4 Å². The molecule has 0 spiro atoms. The summed E-state index contributed by atoms with van der Waals surface area (Å²) < 4.78 is 17.7. The van der Waals surface area contributed by atoms with Crippen LogP contribution in [-0.2, 0) is 0 Å². The van der Waals surface area contributed by atoms with Crippen molar-refractivity contribution in [2.24, 2.45) is 17.8 Å². The zero-order valence-corrected chi connectivity index (χ0v) is 19.0. The molecule has 2 saturated carbocycles. The molecule has 0 unspecified atom stereocenters. The lowest BCUT2D eigenvalue weighted by Crippen LogP contribution is -2.60. The van der Waals surface area contributed by atoms with E-state index in [4.69, 9.17) is 14.2 Å². The normalized spacial score (nSPS) is 27.6. The van der Waals surface area contributed by atoms with Crippen molar-refractivity contribution >= 4 is 10.9 Å². The summed E-state index contributed by atoms with van der Waals surface area (Å²) in [7, 11) is 3.33. The van der Waals surface area contributed by atoms with Crippen molar-refractivity contribution in [1.82, 2.24) is 4.98 Å². The van der Waals surface area contributed by atoms with Gasteiger partial charge >= 0.3 is 0 Å². The number of pyridine rings is 1. The number of nitrogens with one attached hydrogen (secondary N) is 1. The number of methoxy groups -OCH3 is 2. The van der Waals surface area contributed by atoms with Crippen LogP contribution in [0.5, 0.6) is 17.2 Å². The van der Waals surface area contributed by atoms with E-state index in [0.29, 0.717) is 17.8 Å². The molecule has 6 rings (SSSR count).